The molecule has 0 N–H and O–H groups in total. The fourth-order valence-electron chi connectivity index (χ4n) is 1.71. The molecule has 0 aliphatic carbocycles. The molecule has 0 radical (unpaired) electrons. The van der Waals surface area contributed by atoms with Gasteiger partial charge in [0.2, 0.25) is 0 Å². The molecule has 0 aromatic carbocycles. The third-order valence-corrected chi connectivity index (χ3v) is 3.75. The van der Waals surface area contributed by atoms with Crippen molar-refractivity contribution >= 4 is 29.0 Å². The topological polar surface area (TPSA) is 32.8 Å². The van der Waals surface area contributed by atoms with Gasteiger partial charge >= 0.3 is 6.09 Å². The molecule has 5 heteroatoms. The number of carbonyl (C=O) groups excluding carboxylic acids is 1. The highest BCUT2D eigenvalue weighted by Crippen LogP contribution is 2.18. The van der Waals surface area contributed by atoms with Crippen LogP contribution in [0.15, 0.2) is 0 Å². The first-order valence-corrected chi connectivity index (χ1v) is 6.77. The van der Waals surface area contributed by atoms with Crippen molar-refractivity contribution in [1.29, 1.82) is 0 Å². The quantitative estimate of drug-likeness (QED) is 0.585. The Balaban J connectivity index is 2.32. The minimum absolute atomic E-state index is 0.180. The summed E-state index contributed by atoms with van der Waals surface area (Å²) in [6, 6.07) is 0.339. The molecule has 94 valence electrons. The number of nitrogens with zero attached hydrogens (tertiary/aromatic N) is 2. The molecule has 0 aromatic rings. The van der Waals surface area contributed by atoms with Crippen molar-refractivity contribution in [3.63, 3.8) is 0 Å². The molecule has 1 fully saturated rings. The number of rotatable bonds is 3. The van der Waals surface area contributed by atoms with E-state index in [0.717, 1.165) is 25.9 Å². The van der Waals surface area contributed by atoms with E-state index in [1.165, 1.54) is 0 Å². The van der Waals surface area contributed by atoms with Gasteiger partial charge in [0, 0.05) is 49.0 Å². The third-order valence-electron chi connectivity index (χ3n) is 2.79. The summed E-state index contributed by atoms with van der Waals surface area (Å²) in [5, 5.41) is 0. The van der Waals surface area contributed by atoms with E-state index >= 15 is 0 Å². The first kappa shape index (κ1) is 14.0. The summed E-state index contributed by atoms with van der Waals surface area (Å²) in [7, 11) is 1.84. The molecule has 1 aliphatic rings. The van der Waals surface area contributed by atoms with E-state index in [2.05, 4.69) is 26.0 Å². The zero-order valence-electron chi connectivity index (χ0n) is 10.3. The first-order valence-electron chi connectivity index (χ1n) is 5.81. The molecule has 1 amide bonds. The minimum atomic E-state index is -0.180. The van der Waals surface area contributed by atoms with Gasteiger partial charge in [-0.3, -0.25) is 0 Å². The minimum Gasteiger partial charge on any atom is -0.449 e. The van der Waals surface area contributed by atoms with Crippen LogP contribution in [0.5, 0.6) is 0 Å². The Morgan fingerprint density at radius 1 is 1.50 bits per heavy atom. The third kappa shape index (κ3) is 4.45. The van der Waals surface area contributed by atoms with E-state index in [0.29, 0.717) is 18.6 Å². The standard InChI is InChI=1S/C11H21IN2O2/c1-9(2)8-16-11(15)13(3)10-4-6-14(12)7-5-10/h9-10H,4-8H2,1-3H3. The summed E-state index contributed by atoms with van der Waals surface area (Å²) >= 11 is 2.33. The molecule has 0 saturated carbocycles. The fourth-order valence-corrected chi connectivity index (χ4v) is 2.27. The lowest BCUT2D eigenvalue weighted by Gasteiger charge is -2.33. The second kappa shape index (κ2) is 6.64. The molecule has 1 heterocycles. The molecule has 1 saturated heterocycles. The summed E-state index contributed by atoms with van der Waals surface area (Å²) in [6.07, 6.45) is 1.90. The van der Waals surface area contributed by atoms with E-state index in [4.69, 9.17) is 4.74 Å². The van der Waals surface area contributed by atoms with E-state index in [-0.39, 0.29) is 6.09 Å². The van der Waals surface area contributed by atoms with Crippen LogP contribution in [0.2, 0.25) is 0 Å². The van der Waals surface area contributed by atoms with Crippen molar-refractivity contribution in [3.05, 3.63) is 0 Å². The maximum atomic E-state index is 11.7. The van der Waals surface area contributed by atoms with Gasteiger partial charge in [0.25, 0.3) is 0 Å². The van der Waals surface area contributed by atoms with Crippen molar-refractivity contribution in [2.75, 3.05) is 26.7 Å². The fraction of sp³-hybridized carbons (Fsp3) is 0.909. The summed E-state index contributed by atoms with van der Waals surface area (Å²) in [5.74, 6) is 0.397. The Morgan fingerprint density at radius 3 is 2.56 bits per heavy atom. The summed E-state index contributed by atoms with van der Waals surface area (Å²) in [6.45, 7) is 6.69. The second-order valence-corrected chi connectivity index (χ2v) is 6.09. The second-order valence-electron chi connectivity index (χ2n) is 4.72. The smallest absolute Gasteiger partial charge is 0.409 e. The van der Waals surface area contributed by atoms with Crippen molar-refractivity contribution < 1.29 is 9.53 Å². The van der Waals surface area contributed by atoms with E-state index in [1.807, 2.05) is 20.9 Å². The highest BCUT2D eigenvalue weighted by molar-refractivity contribution is 14.1. The van der Waals surface area contributed by atoms with E-state index in [1.54, 1.807) is 4.90 Å². The highest BCUT2D eigenvalue weighted by atomic mass is 127. The molecular weight excluding hydrogens is 319 g/mol. The van der Waals surface area contributed by atoms with Crippen LogP contribution in [0.4, 0.5) is 4.79 Å². The zero-order valence-corrected chi connectivity index (χ0v) is 12.4. The number of carbonyl (C=O) groups is 1. The molecule has 0 aromatic heterocycles. The Kier molecular flexibility index (Phi) is 5.82. The van der Waals surface area contributed by atoms with Gasteiger partial charge in [0.05, 0.1) is 6.61 Å². The van der Waals surface area contributed by atoms with Gasteiger partial charge in [0.1, 0.15) is 0 Å². The molecule has 1 rings (SSSR count). The number of ether oxygens (including phenoxy) is 1. The summed E-state index contributed by atoms with van der Waals surface area (Å²) in [4.78, 5) is 13.5. The summed E-state index contributed by atoms with van der Waals surface area (Å²) < 4.78 is 7.48. The Hall–Kier alpha value is -0.0400. The number of amides is 1. The van der Waals surface area contributed by atoms with Gasteiger partial charge in [-0.05, 0) is 18.8 Å². The van der Waals surface area contributed by atoms with Crippen molar-refractivity contribution in [2.24, 2.45) is 5.92 Å². The Labute approximate surface area is 112 Å². The molecule has 0 spiro atoms. The van der Waals surface area contributed by atoms with Crippen LogP contribution in [0.1, 0.15) is 26.7 Å². The normalized spacial score (nSPS) is 18.8. The number of piperidine rings is 1. The van der Waals surface area contributed by atoms with Gasteiger partial charge in [0.15, 0.2) is 0 Å². The van der Waals surface area contributed by atoms with Crippen LogP contribution in [0, 0.1) is 5.92 Å². The number of hydrogen-bond donors (Lipinski definition) is 0. The molecule has 0 unspecified atom stereocenters. The molecular formula is C11H21IN2O2. The highest BCUT2D eigenvalue weighted by Gasteiger charge is 2.25. The van der Waals surface area contributed by atoms with Gasteiger partial charge < -0.3 is 9.64 Å². The monoisotopic (exact) mass is 340 g/mol. The van der Waals surface area contributed by atoms with Crippen LogP contribution in [-0.2, 0) is 4.74 Å². The Morgan fingerprint density at radius 2 is 2.06 bits per heavy atom. The summed E-state index contributed by atoms with van der Waals surface area (Å²) in [5.41, 5.74) is 0. The lowest BCUT2D eigenvalue weighted by atomic mass is 10.1. The molecule has 0 bridgehead atoms. The molecule has 1 aliphatic heterocycles. The Bertz CT molecular complexity index is 228. The molecule has 4 nitrogen and oxygen atoms in total. The predicted octanol–water partition coefficient (Wildman–Crippen LogP) is 2.53. The van der Waals surface area contributed by atoms with Crippen molar-refractivity contribution in [1.82, 2.24) is 8.01 Å². The maximum absolute atomic E-state index is 11.7. The van der Waals surface area contributed by atoms with Crippen LogP contribution < -0.4 is 0 Å². The molecule has 0 atom stereocenters. The lowest BCUT2D eigenvalue weighted by molar-refractivity contribution is 0.0787. The molecule has 16 heavy (non-hydrogen) atoms. The SMILES string of the molecule is CC(C)COC(=O)N(C)C1CCN(I)CC1. The van der Waals surface area contributed by atoms with Crippen LogP contribution in [0.25, 0.3) is 0 Å². The van der Waals surface area contributed by atoms with Gasteiger partial charge in [-0.2, -0.15) is 0 Å². The van der Waals surface area contributed by atoms with Crippen LogP contribution in [0.3, 0.4) is 0 Å². The average Bonchev–Trinajstić information content (AvgIpc) is 2.26. The largest absolute Gasteiger partial charge is 0.449 e. The van der Waals surface area contributed by atoms with Crippen LogP contribution in [-0.4, -0.2) is 46.9 Å². The van der Waals surface area contributed by atoms with Gasteiger partial charge in [-0.25, -0.2) is 7.91 Å². The van der Waals surface area contributed by atoms with E-state index < -0.39 is 0 Å². The maximum Gasteiger partial charge on any atom is 0.409 e. The van der Waals surface area contributed by atoms with E-state index in [9.17, 15) is 4.79 Å². The van der Waals surface area contributed by atoms with Crippen molar-refractivity contribution in [2.45, 2.75) is 32.7 Å². The van der Waals surface area contributed by atoms with Crippen molar-refractivity contribution in [3.8, 4) is 0 Å². The van der Waals surface area contributed by atoms with Gasteiger partial charge in [-0.15, -0.1) is 0 Å². The van der Waals surface area contributed by atoms with Crippen LogP contribution >= 0.6 is 22.9 Å². The van der Waals surface area contributed by atoms with Gasteiger partial charge in [-0.1, -0.05) is 13.8 Å². The predicted molar refractivity (Wildman–Crippen MR) is 72.6 cm³/mol. The number of halogens is 1. The first-order chi connectivity index (χ1) is 7.50. The lowest BCUT2D eigenvalue weighted by Crippen LogP contribution is -2.43. The number of hydrogen-bond acceptors (Lipinski definition) is 3. The zero-order chi connectivity index (χ0) is 12.1. The average molecular weight is 340 g/mol.